The Morgan fingerprint density at radius 2 is 2.14 bits per heavy atom. The van der Waals surface area contributed by atoms with Crippen molar-refractivity contribution < 1.29 is 0 Å². The monoisotopic (exact) mass is 207 g/mol. The molecular formula is C12H14ClN. The fraction of sp³-hybridized carbons (Fsp3) is 0.417. The van der Waals surface area contributed by atoms with Gasteiger partial charge in [0.25, 0.3) is 0 Å². The minimum Gasteiger partial charge on any atom is -0.192 e. The molecule has 0 heterocycles. The van der Waals surface area contributed by atoms with E-state index >= 15 is 0 Å². The summed E-state index contributed by atoms with van der Waals surface area (Å²) in [4.78, 5) is 0. The number of benzene rings is 1. The molecule has 0 saturated carbocycles. The topological polar surface area (TPSA) is 23.8 Å². The maximum absolute atomic E-state index is 8.96. The predicted octanol–water partition coefficient (Wildman–Crippen LogP) is 3.46. The molecule has 0 atom stereocenters. The Kier molecular flexibility index (Phi) is 3.98. The third-order valence-electron chi connectivity index (χ3n) is 2.30. The molecule has 2 heteroatoms. The Labute approximate surface area is 90.3 Å². The molecule has 0 spiro atoms. The molecule has 0 unspecified atom stereocenters. The van der Waals surface area contributed by atoms with Gasteiger partial charge in [0.1, 0.15) is 0 Å². The lowest BCUT2D eigenvalue weighted by Crippen LogP contribution is -2.00. The first-order chi connectivity index (χ1) is 6.70. The van der Waals surface area contributed by atoms with E-state index < -0.39 is 0 Å². The first-order valence-corrected chi connectivity index (χ1v) is 5.32. The standard InChI is InChI=1S/C12H14ClN/c1-9(2)11-5-3-4-10(8-14)12(11)6-7-13/h3-5,9H,6-7H2,1-2H3. The summed E-state index contributed by atoms with van der Waals surface area (Å²) in [7, 11) is 0. The maximum atomic E-state index is 8.96. The summed E-state index contributed by atoms with van der Waals surface area (Å²) in [6.07, 6.45) is 0.777. The highest BCUT2D eigenvalue weighted by atomic mass is 35.5. The molecule has 0 saturated heterocycles. The molecule has 0 aromatic heterocycles. The predicted molar refractivity (Wildman–Crippen MR) is 59.7 cm³/mol. The Morgan fingerprint density at radius 1 is 1.43 bits per heavy atom. The van der Waals surface area contributed by atoms with Crippen molar-refractivity contribution in [2.45, 2.75) is 26.2 Å². The zero-order chi connectivity index (χ0) is 10.6. The van der Waals surface area contributed by atoms with Gasteiger partial charge in [0, 0.05) is 5.88 Å². The molecule has 0 aliphatic heterocycles. The molecule has 0 aliphatic rings. The van der Waals surface area contributed by atoms with Crippen molar-refractivity contribution >= 4 is 11.6 Å². The van der Waals surface area contributed by atoms with E-state index in [2.05, 4.69) is 26.0 Å². The third kappa shape index (κ3) is 2.27. The van der Waals surface area contributed by atoms with Crippen LogP contribution < -0.4 is 0 Å². The summed E-state index contributed by atoms with van der Waals surface area (Å²) in [5.41, 5.74) is 3.11. The van der Waals surface area contributed by atoms with E-state index in [0.717, 1.165) is 17.5 Å². The second-order valence-corrected chi connectivity index (χ2v) is 3.96. The van der Waals surface area contributed by atoms with E-state index in [1.807, 2.05) is 12.1 Å². The van der Waals surface area contributed by atoms with Gasteiger partial charge in [-0.15, -0.1) is 11.6 Å². The summed E-state index contributed by atoms with van der Waals surface area (Å²) in [6.45, 7) is 4.27. The highest BCUT2D eigenvalue weighted by Crippen LogP contribution is 2.23. The minimum absolute atomic E-state index is 0.446. The summed E-state index contributed by atoms with van der Waals surface area (Å²) in [6, 6.07) is 8.08. The smallest absolute Gasteiger partial charge is 0.0994 e. The Hall–Kier alpha value is -1.00. The van der Waals surface area contributed by atoms with Gasteiger partial charge in [-0.3, -0.25) is 0 Å². The summed E-state index contributed by atoms with van der Waals surface area (Å²) in [5.74, 6) is 1.01. The van der Waals surface area contributed by atoms with Gasteiger partial charge in [-0.1, -0.05) is 26.0 Å². The average Bonchev–Trinajstić information content (AvgIpc) is 2.18. The van der Waals surface area contributed by atoms with Gasteiger partial charge in [0.05, 0.1) is 11.6 Å². The number of nitriles is 1. The van der Waals surface area contributed by atoms with Crippen molar-refractivity contribution in [1.82, 2.24) is 0 Å². The number of hydrogen-bond acceptors (Lipinski definition) is 1. The molecule has 0 amide bonds. The van der Waals surface area contributed by atoms with E-state index in [1.165, 1.54) is 5.56 Å². The molecule has 14 heavy (non-hydrogen) atoms. The van der Waals surface area contributed by atoms with E-state index in [-0.39, 0.29) is 0 Å². The van der Waals surface area contributed by atoms with Crippen molar-refractivity contribution in [3.63, 3.8) is 0 Å². The van der Waals surface area contributed by atoms with Crippen LogP contribution in [-0.4, -0.2) is 5.88 Å². The second-order valence-electron chi connectivity index (χ2n) is 3.58. The Bertz CT molecular complexity index is 350. The Balaban J connectivity index is 3.22. The van der Waals surface area contributed by atoms with E-state index in [4.69, 9.17) is 16.9 Å². The van der Waals surface area contributed by atoms with Crippen LogP contribution >= 0.6 is 11.6 Å². The van der Waals surface area contributed by atoms with Gasteiger partial charge < -0.3 is 0 Å². The SMILES string of the molecule is CC(C)c1cccc(C#N)c1CCCl. The van der Waals surface area contributed by atoms with Crippen LogP contribution in [0.1, 0.15) is 36.5 Å². The van der Waals surface area contributed by atoms with E-state index in [1.54, 1.807) is 0 Å². The van der Waals surface area contributed by atoms with Crippen molar-refractivity contribution in [1.29, 1.82) is 5.26 Å². The van der Waals surface area contributed by atoms with Gasteiger partial charge in [0.2, 0.25) is 0 Å². The van der Waals surface area contributed by atoms with Crippen LogP contribution in [0, 0.1) is 11.3 Å². The molecule has 0 fully saturated rings. The second kappa shape index (κ2) is 5.02. The molecule has 1 aromatic carbocycles. The van der Waals surface area contributed by atoms with Crippen LogP contribution in [0.4, 0.5) is 0 Å². The van der Waals surface area contributed by atoms with Crippen LogP contribution in [0.25, 0.3) is 0 Å². The minimum atomic E-state index is 0.446. The molecular weight excluding hydrogens is 194 g/mol. The Morgan fingerprint density at radius 3 is 2.64 bits per heavy atom. The normalized spacial score (nSPS) is 10.2. The molecule has 0 aliphatic carbocycles. The van der Waals surface area contributed by atoms with Crippen LogP contribution in [0.3, 0.4) is 0 Å². The maximum Gasteiger partial charge on any atom is 0.0994 e. The van der Waals surface area contributed by atoms with Gasteiger partial charge in [-0.05, 0) is 29.5 Å². The fourth-order valence-electron chi connectivity index (χ4n) is 1.62. The average molecular weight is 208 g/mol. The summed E-state index contributed by atoms with van der Waals surface area (Å²) < 4.78 is 0. The van der Waals surface area contributed by atoms with Crippen molar-refractivity contribution in [3.05, 3.63) is 34.9 Å². The van der Waals surface area contributed by atoms with E-state index in [0.29, 0.717) is 11.8 Å². The number of nitrogens with zero attached hydrogens (tertiary/aromatic N) is 1. The molecule has 0 bridgehead atoms. The zero-order valence-electron chi connectivity index (χ0n) is 8.55. The lowest BCUT2D eigenvalue weighted by atomic mass is 9.92. The highest BCUT2D eigenvalue weighted by molar-refractivity contribution is 6.18. The highest BCUT2D eigenvalue weighted by Gasteiger charge is 2.09. The van der Waals surface area contributed by atoms with Crippen LogP contribution in [-0.2, 0) is 6.42 Å². The third-order valence-corrected chi connectivity index (χ3v) is 2.49. The van der Waals surface area contributed by atoms with Gasteiger partial charge >= 0.3 is 0 Å². The molecule has 1 nitrogen and oxygen atoms in total. The lowest BCUT2D eigenvalue weighted by molar-refractivity contribution is 0.843. The van der Waals surface area contributed by atoms with Crippen LogP contribution in [0.15, 0.2) is 18.2 Å². The van der Waals surface area contributed by atoms with Gasteiger partial charge in [0.15, 0.2) is 0 Å². The number of rotatable bonds is 3. The quantitative estimate of drug-likeness (QED) is 0.697. The lowest BCUT2D eigenvalue weighted by Gasteiger charge is -2.12. The zero-order valence-corrected chi connectivity index (χ0v) is 9.30. The van der Waals surface area contributed by atoms with Crippen molar-refractivity contribution in [2.75, 3.05) is 5.88 Å². The molecule has 1 aromatic rings. The molecule has 74 valence electrons. The summed E-state index contributed by atoms with van der Waals surface area (Å²) in [5, 5.41) is 8.96. The molecule has 0 radical (unpaired) electrons. The van der Waals surface area contributed by atoms with Crippen LogP contribution in [0.2, 0.25) is 0 Å². The van der Waals surface area contributed by atoms with E-state index in [9.17, 15) is 0 Å². The van der Waals surface area contributed by atoms with Crippen molar-refractivity contribution in [2.24, 2.45) is 0 Å². The summed E-state index contributed by atoms with van der Waals surface area (Å²) >= 11 is 5.73. The van der Waals surface area contributed by atoms with Gasteiger partial charge in [-0.2, -0.15) is 5.26 Å². The fourth-order valence-corrected chi connectivity index (χ4v) is 1.81. The number of hydrogen-bond donors (Lipinski definition) is 0. The van der Waals surface area contributed by atoms with Crippen molar-refractivity contribution in [3.8, 4) is 6.07 Å². The molecule has 1 rings (SSSR count). The molecule has 0 N–H and O–H groups in total. The van der Waals surface area contributed by atoms with Gasteiger partial charge in [-0.25, -0.2) is 0 Å². The first-order valence-electron chi connectivity index (χ1n) is 4.78. The number of halogens is 1. The first kappa shape index (κ1) is 11.1. The largest absolute Gasteiger partial charge is 0.192 e. The van der Waals surface area contributed by atoms with Crippen LogP contribution in [0.5, 0.6) is 0 Å². The number of alkyl halides is 1.